The summed E-state index contributed by atoms with van der Waals surface area (Å²) in [6.45, 7) is 0. The molecule has 1 aromatic heterocycles. The van der Waals surface area contributed by atoms with Crippen LogP contribution in [0.4, 0.5) is 5.69 Å². The molecule has 0 bridgehead atoms. The van der Waals surface area contributed by atoms with Crippen LogP contribution in [0.5, 0.6) is 0 Å². The van der Waals surface area contributed by atoms with E-state index in [9.17, 15) is 13.2 Å². The lowest BCUT2D eigenvalue weighted by molar-refractivity contribution is 0.0955. The van der Waals surface area contributed by atoms with E-state index in [-0.39, 0.29) is 21.2 Å². The van der Waals surface area contributed by atoms with Crippen LogP contribution in [-0.2, 0) is 10.0 Å². The standard InChI is InChI=1S/C18H14ClN3O3S2/c19-16-6-1-2-7-17(16)22-27(24,25)15-5-3-4-14(10-15)18(23)21-20-11-13-8-9-26-12-13/h1-12,22H,(H,21,23)/b20-11+. The van der Waals surface area contributed by atoms with Gasteiger partial charge in [-0.3, -0.25) is 9.52 Å². The molecule has 0 unspecified atom stereocenters. The first-order valence-electron chi connectivity index (χ1n) is 7.69. The van der Waals surface area contributed by atoms with Gasteiger partial charge < -0.3 is 0 Å². The number of halogens is 1. The molecule has 6 nitrogen and oxygen atoms in total. The molecule has 3 aromatic rings. The van der Waals surface area contributed by atoms with Crippen molar-refractivity contribution in [2.45, 2.75) is 4.90 Å². The molecule has 3 rings (SSSR count). The maximum atomic E-state index is 12.6. The fourth-order valence-corrected chi connectivity index (χ4v) is 4.11. The molecule has 0 spiro atoms. The molecule has 138 valence electrons. The lowest BCUT2D eigenvalue weighted by Gasteiger charge is -2.10. The van der Waals surface area contributed by atoms with Crippen LogP contribution in [0.15, 0.2) is 75.4 Å². The van der Waals surface area contributed by atoms with E-state index in [1.165, 1.54) is 41.8 Å². The summed E-state index contributed by atoms with van der Waals surface area (Å²) in [6, 6.07) is 14.0. The van der Waals surface area contributed by atoms with Gasteiger partial charge in [0.15, 0.2) is 0 Å². The number of hydrogen-bond acceptors (Lipinski definition) is 5. The molecule has 0 saturated heterocycles. The number of anilines is 1. The maximum absolute atomic E-state index is 12.6. The van der Waals surface area contributed by atoms with Gasteiger partial charge in [-0.1, -0.05) is 29.8 Å². The zero-order valence-electron chi connectivity index (χ0n) is 13.8. The van der Waals surface area contributed by atoms with E-state index in [0.29, 0.717) is 0 Å². The number of carbonyl (C=O) groups excluding carboxylic acids is 1. The number of para-hydroxylation sites is 1. The summed E-state index contributed by atoms with van der Waals surface area (Å²) in [6.07, 6.45) is 1.51. The first kappa shape index (κ1) is 19.1. The molecule has 0 atom stereocenters. The van der Waals surface area contributed by atoms with Crippen molar-refractivity contribution in [3.05, 3.63) is 81.5 Å². The zero-order valence-corrected chi connectivity index (χ0v) is 16.2. The van der Waals surface area contributed by atoms with E-state index in [0.717, 1.165) is 5.56 Å². The highest BCUT2D eigenvalue weighted by molar-refractivity contribution is 7.92. The smallest absolute Gasteiger partial charge is 0.271 e. The Morgan fingerprint density at radius 1 is 1.11 bits per heavy atom. The average molecular weight is 420 g/mol. The minimum Gasteiger partial charge on any atom is -0.278 e. The Balaban J connectivity index is 1.76. The lowest BCUT2D eigenvalue weighted by Crippen LogP contribution is -2.19. The van der Waals surface area contributed by atoms with E-state index in [2.05, 4.69) is 15.2 Å². The van der Waals surface area contributed by atoms with Gasteiger partial charge in [-0.05, 0) is 47.2 Å². The minimum absolute atomic E-state index is 0.0584. The van der Waals surface area contributed by atoms with Gasteiger partial charge in [0, 0.05) is 11.1 Å². The van der Waals surface area contributed by atoms with Gasteiger partial charge in [-0.25, -0.2) is 13.8 Å². The second-order valence-electron chi connectivity index (χ2n) is 5.37. The van der Waals surface area contributed by atoms with Gasteiger partial charge in [0.25, 0.3) is 15.9 Å². The Hall–Kier alpha value is -2.68. The van der Waals surface area contributed by atoms with Crippen LogP contribution in [0.3, 0.4) is 0 Å². The summed E-state index contributed by atoms with van der Waals surface area (Å²) >= 11 is 7.51. The summed E-state index contributed by atoms with van der Waals surface area (Å²) < 4.78 is 27.5. The van der Waals surface area contributed by atoms with E-state index >= 15 is 0 Å². The van der Waals surface area contributed by atoms with Gasteiger partial charge in [-0.2, -0.15) is 16.4 Å². The van der Waals surface area contributed by atoms with Crippen molar-refractivity contribution in [1.29, 1.82) is 0 Å². The maximum Gasteiger partial charge on any atom is 0.271 e. The van der Waals surface area contributed by atoms with Gasteiger partial charge >= 0.3 is 0 Å². The lowest BCUT2D eigenvalue weighted by atomic mass is 10.2. The summed E-state index contributed by atoms with van der Waals surface area (Å²) in [5.74, 6) is -0.517. The summed E-state index contributed by atoms with van der Waals surface area (Å²) in [5.41, 5.74) is 3.66. The van der Waals surface area contributed by atoms with Gasteiger partial charge in [0.05, 0.1) is 21.8 Å². The topological polar surface area (TPSA) is 87.6 Å². The third-order valence-corrected chi connectivity index (χ3v) is 5.84. The molecular weight excluding hydrogens is 406 g/mol. The van der Waals surface area contributed by atoms with Crippen LogP contribution in [0.2, 0.25) is 5.02 Å². The molecule has 0 saturated carbocycles. The molecule has 0 radical (unpaired) electrons. The Morgan fingerprint density at radius 2 is 1.93 bits per heavy atom. The highest BCUT2D eigenvalue weighted by atomic mass is 35.5. The monoisotopic (exact) mass is 419 g/mol. The number of carbonyl (C=O) groups is 1. The highest BCUT2D eigenvalue weighted by Crippen LogP contribution is 2.24. The van der Waals surface area contributed by atoms with Crippen LogP contribution >= 0.6 is 22.9 Å². The third-order valence-electron chi connectivity index (χ3n) is 3.45. The average Bonchev–Trinajstić information content (AvgIpc) is 3.17. The predicted molar refractivity (Wildman–Crippen MR) is 108 cm³/mol. The Kier molecular flexibility index (Phi) is 5.90. The molecule has 2 aromatic carbocycles. The molecule has 0 aliphatic rings. The number of sulfonamides is 1. The SMILES string of the molecule is O=C(N/N=C/c1ccsc1)c1cccc(S(=O)(=O)Nc2ccccc2Cl)c1. The number of hydrogen-bond donors (Lipinski definition) is 2. The number of thiophene rings is 1. The van der Waals surface area contributed by atoms with Crippen molar-refractivity contribution in [3.8, 4) is 0 Å². The Morgan fingerprint density at radius 3 is 2.67 bits per heavy atom. The van der Waals surface area contributed by atoms with E-state index in [1.54, 1.807) is 24.3 Å². The fourth-order valence-electron chi connectivity index (χ4n) is 2.13. The van der Waals surface area contributed by atoms with Crippen molar-refractivity contribution in [3.63, 3.8) is 0 Å². The fraction of sp³-hybridized carbons (Fsp3) is 0. The molecule has 1 heterocycles. The molecule has 0 aliphatic carbocycles. The van der Waals surface area contributed by atoms with Crippen molar-refractivity contribution < 1.29 is 13.2 Å². The first-order valence-corrected chi connectivity index (χ1v) is 10.5. The predicted octanol–water partition coefficient (Wildman–Crippen LogP) is 3.97. The number of amides is 1. The van der Waals surface area contributed by atoms with Gasteiger partial charge in [0.1, 0.15) is 0 Å². The quantitative estimate of drug-likeness (QED) is 0.468. The molecule has 0 fully saturated rings. The van der Waals surface area contributed by atoms with Crippen molar-refractivity contribution >= 4 is 50.8 Å². The summed E-state index contributed by atoms with van der Waals surface area (Å²) in [5, 5.41) is 7.91. The van der Waals surface area contributed by atoms with Crippen molar-refractivity contribution in [1.82, 2.24) is 5.43 Å². The Labute approximate surface area is 165 Å². The van der Waals surface area contributed by atoms with Crippen LogP contribution in [0.25, 0.3) is 0 Å². The normalized spacial score (nSPS) is 11.4. The number of nitrogens with zero attached hydrogens (tertiary/aromatic N) is 1. The number of rotatable bonds is 6. The number of nitrogens with one attached hydrogen (secondary N) is 2. The Bertz CT molecular complexity index is 1080. The first-order chi connectivity index (χ1) is 13.0. The highest BCUT2D eigenvalue weighted by Gasteiger charge is 2.17. The van der Waals surface area contributed by atoms with Crippen LogP contribution in [0, 0.1) is 0 Å². The van der Waals surface area contributed by atoms with Gasteiger partial charge in [-0.15, -0.1) is 0 Å². The summed E-state index contributed by atoms with van der Waals surface area (Å²) in [7, 11) is -3.90. The van der Waals surface area contributed by atoms with Crippen molar-refractivity contribution in [2.75, 3.05) is 4.72 Å². The van der Waals surface area contributed by atoms with Crippen LogP contribution < -0.4 is 10.1 Å². The summed E-state index contributed by atoms with van der Waals surface area (Å²) in [4.78, 5) is 12.1. The molecular formula is C18H14ClN3O3S2. The second kappa shape index (κ2) is 8.34. The zero-order chi connectivity index (χ0) is 19.3. The molecule has 27 heavy (non-hydrogen) atoms. The second-order valence-corrected chi connectivity index (χ2v) is 8.24. The molecule has 2 N–H and O–H groups in total. The number of benzene rings is 2. The molecule has 1 amide bonds. The van der Waals surface area contributed by atoms with E-state index in [4.69, 9.17) is 11.6 Å². The largest absolute Gasteiger partial charge is 0.278 e. The van der Waals surface area contributed by atoms with Crippen LogP contribution in [-0.4, -0.2) is 20.5 Å². The molecule has 9 heteroatoms. The van der Waals surface area contributed by atoms with Crippen LogP contribution in [0.1, 0.15) is 15.9 Å². The van der Waals surface area contributed by atoms with E-state index < -0.39 is 15.9 Å². The van der Waals surface area contributed by atoms with E-state index in [1.807, 2.05) is 16.8 Å². The number of hydrazone groups is 1. The minimum atomic E-state index is -3.90. The van der Waals surface area contributed by atoms with Crippen molar-refractivity contribution in [2.24, 2.45) is 5.10 Å². The molecule has 0 aliphatic heterocycles. The third kappa shape index (κ3) is 4.94. The van der Waals surface area contributed by atoms with Gasteiger partial charge in [0.2, 0.25) is 0 Å².